The van der Waals surface area contributed by atoms with Gasteiger partial charge in [0.25, 0.3) is 0 Å². The van der Waals surface area contributed by atoms with Crippen LogP contribution < -0.4 is 10.5 Å². The van der Waals surface area contributed by atoms with Crippen molar-refractivity contribution >= 4 is 0 Å². The Morgan fingerprint density at radius 1 is 1.24 bits per heavy atom. The molecule has 1 saturated heterocycles. The molecule has 2 unspecified atom stereocenters. The summed E-state index contributed by atoms with van der Waals surface area (Å²) in [5.41, 5.74) is 7.73. The van der Waals surface area contributed by atoms with E-state index in [0.717, 1.165) is 44.0 Å². The van der Waals surface area contributed by atoms with Crippen molar-refractivity contribution in [1.29, 1.82) is 0 Å². The average molecular weight is 292 g/mol. The summed E-state index contributed by atoms with van der Waals surface area (Å²) < 4.78 is 11.0. The molecular weight excluding hydrogens is 264 g/mol. The molecule has 1 aliphatic heterocycles. The Balaban J connectivity index is 2.16. The third kappa shape index (κ3) is 3.57. The SMILES string of the molecule is CCOc1ccc(C(N)C(C)(CC)N2CCOCC2)cc1. The van der Waals surface area contributed by atoms with Crippen molar-refractivity contribution in [3.05, 3.63) is 29.8 Å². The molecule has 0 aliphatic carbocycles. The summed E-state index contributed by atoms with van der Waals surface area (Å²) in [4.78, 5) is 2.47. The van der Waals surface area contributed by atoms with Crippen molar-refractivity contribution in [2.45, 2.75) is 38.8 Å². The number of hydrogen-bond donors (Lipinski definition) is 1. The van der Waals surface area contributed by atoms with Crippen LogP contribution in [0.3, 0.4) is 0 Å². The first-order chi connectivity index (χ1) is 10.1. The van der Waals surface area contributed by atoms with Crippen LogP contribution in [0.2, 0.25) is 0 Å². The van der Waals surface area contributed by atoms with E-state index >= 15 is 0 Å². The summed E-state index contributed by atoms with van der Waals surface area (Å²) in [6.45, 7) is 10.7. The molecule has 2 rings (SSSR count). The van der Waals surface area contributed by atoms with Gasteiger partial charge >= 0.3 is 0 Å². The number of nitrogens with two attached hydrogens (primary N) is 1. The molecule has 0 amide bonds. The lowest BCUT2D eigenvalue weighted by atomic mass is 9.83. The van der Waals surface area contributed by atoms with Gasteiger partial charge in [-0.1, -0.05) is 19.1 Å². The van der Waals surface area contributed by atoms with E-state index < -0.39 is 0 Å². The van der Waals surface area contributed by atoms with Gasteiger partial charge in [0, 0.05) is 24.7 Å². The van der Waals surface area contributed by atoms with Gasteiger partial charge in [-0.25, -0.2) is 0 Å². The fourth-order valence-electron chi connectivity index (χ4n) is 3.01. The summed E-state index contributed by atoms with van der Waals surface area (Å²) in [6.07, 6.45) is 1.02. The van der Waals surface area contributed by atoms with Crippen LogP contribution in [0.25, 0.3) is 0 Å². The molecular formula is C17H28N2O2. The molecule has 0 saturated carbocycles. The van der Waals surface area contributed by atoms with Gasteiger partial charge in [0.2, 0.25) is 0 Å². The second kappa shape index (κ2) is 7.25. The zero-order valence-corrected chi connectivity index (χ0v) is 13.5. The molecule has 0 radical (unpaired) electrons. The summed E-state index contributed by atoms with van der Waals surface area (Å²) >= 11 is 0. The van der Waals surface area contributed by atoms with E-state index in [1.807, 2.05) is 19.1 Å². The van der Waals surface area contributed by atoms with Gasteiger partial charge in [-0.15, -0.1) is 0 Å². The van der Waals surface area contributed by atoms with Crippen molar-refractivity contribution < 1.29 is 9.47 Å². The van der Waals surface area contributed by atoms with Crippen LogP contribution in [0.5, 0.6) is 5.75 Å². The Bertz CT molecular complexity index is 429. The third-order valence-electron chi connectivity index (χ3n) is 4.67. The van der Waals surface area contributed by atoms with Crippen LogP contribution in [-0.4, -0.2) is 43.3 Å². The Kier molecular flexibility index (Phi) is 5.62. The van der Waals surface area contributed by atoms with E-state index in [9.17, 15) is 0 Å². The molecule has 4 nitrogen and oxygen atoms in total. The summed E-state index contributed by atoms with van der Waals surface area (Å²) in [5.74, 6) is 0.901. The number of hydrogen-bond acceptors (Lipinski definition) is 4. The van der Waals surface area contributed by atoms with Gasteiger partial charge in [0.05, 0.1) is 19.8 Å². The largest absolute Gasteiger partial charge is 0.494 e. The predicted molar refractivity (Wildman–Crippen MR) is 85.6 cm³/mol. The fourth-order valence-corrected chi connectivity index (χ4v) is 3.01. The number of ether oxygens (including phenoxy) is 2. The second-order valence-corrected chi connectivity index (χ2v) is 5.79. The number of benzene rings is 1. The van der Waals surface area contributed by atoms with E-state index in [4.69, 9.17) is 15.2 Å². The number of morpholine rings is 1. The maximum absolute atomic E-state index is 6.62. The molecule has 0 spiro atoms. The first-order valence-corrected chi connectivity index (χ1v) is 7.93. The zero-order valence-electron chi connectivity index (χ0n) is 13.5. The molecule has 2 N–H and O–H groups in total. The maximum Gasteiger partial charge on any atom is 0.119 e. The Morgan fingerprint density at radius 2 is 1.86 bits per heavy atom. The Labute approximate surface area is 128 Å². The zero-order chi connectivity index (χ0) is 15.3. The van der Waals surface area contributed by atoms with Crippen LogP contribution in [0.15, 0.2) is 24.3 Å². The molecule has 118 valence electrons. The Hall–Kier alpha value is -1.10. The van der Waals surface area contributed by atoms with Crippen molar-refractivity contribution in [3.63, 3.8) is 0 Å². The smallest absolute Gasteiger partial charge is 0.119 e. The van der Waals surface area contributed by atoms with E-state index in [2.05, 4.69) is 30.9 Å². The predicted octanol–water partition coefficient (Wildman–Crippen LogP) is 2.59. The van der Waals surface area contributed by atoms with Gasteiger partial charge in [-0.05, 0) is 38.0 Å². The van der Waals surface area contributed by atoms with Crippen LogP contribution in [0.4, 0.5) is 0 Å². The van der Waals surface area contributed by atoms with Crippen molar-refractivity contribution in [1.82, 2.24) is 4.90 Å². The number of nitrogens with zero attached hydrogens (tertiary/aromatic N) is 1. The number of rotatable bonds is 6. The molecule has 21 heavy (non-hydrogen) atoms. The fraction of sp³-hybridized carbons (Fsp3) is 0.647. The normalized spacial score (nSPS) is 20.8. The minimum atomic E-state index is -0.0447. The van der Waals surface area contributed by atoms with Crippen LogP contribution in [0, 0.1) is 0 Å². The highest BCUT2D eigenvalue weighted by atomic mass is 16.5. The molecule has 1 aliphatic rings. The standard InChI is InChI=1S/C17H28N2O2/c1-4-17(3,19-10-12-20-13-11-19)16(18)14-6-8-15(9-7-14)21-5-2/h6-9,16H,4-5,10-13,18H2,1-3H3. The van der Waals surface area contributed by atoms with Gasteiger partial charge in [-0.2, -0.15) is 0 Å². The van der Waals surface area contributed by atoms with Gasteiger partial charge in [0.1, 0.15) is 5.75 Å². The van der Waals surface area contributed by atoms with Crippen molar-refractivity contribution in [3.8, 4) is 5.75 Å². The highest BCUT2D eigenvalue weighted by Gasteiger charge is 2.37. The summed E-state index contributed by atoms with van der Waals surface area (Å²) in [6, 6.07) is 8.17. The highest BCUT2D eigenvalue weighted by molar-refractivity contribution is 5.31. The van der Waals surface area contributed by atoms with Crippen LogP contribution in [-0.2, 0) is 4.74 Å². The average Bonchev–Trinajstić information content (AvgIpc) is 2.55. The third-order valence-corrected chi connectivity index (χ3v) is 4.67. The molecule has 4 heteroatoms. The molecule has 0 aromatic heterocycles. The molecule has 1 fully saturated rings. The van der Waals surface area contributed by atoms with Crippen LogP contribution in [0.1, 0.15) is 38.8 Å². The van der Waals surface area contributed by atoms with Crippen molar-refractivity contribution in [2.75, 3.05) is 32.9 Å². The summed E-state index contributed by atoms with van der Waals surface area (Å²) in [5, 5.41) is 0. The monoisotopic (exact) mass is 292 g/mol. The summed E-state index contributed by atoms with van der Waals surface area (Å²) in [7, 11) is 0. The Morgan fingerprint density at radius 3 is 2.38 bits per heavy atom. The van der Waals surface area contributed by atoms with E-state index in [1.54, 1.807) is 0 Å². The molecule has 1 aromatic rings. The molecule has 1 heterocycles. The van der Waals surface area contributed by atoms with Crippen molar-refractivity contribution in [2.24, 2.45) is 5.73 Å². The minimum absolute atomic E-state index is 0.0173. The maximum atomic E-state index is 6.62. The van der Waals surface area contributed by atoms with Gasteiger partial charge in [-0.3, -0.25) is 4.90 Å². The van der Waals surface area contributed by atoms with E-state index in [1.165, 1.54) is 0 Å². The first-order valence-electron chi connectivity index (χ1n) is 7.93. The molecule has 0 bridgehead atoms. The van der Waals surface area contributed by atoms with Gasteiger partial charge in [0.15, 0.2) is 0 Å². The quantitative estimate of drug-likeness (QED) is 0.875. The topological polar surface area (TPSA) is 47.7 Å². The highest BCUT2D eigenvalue weighted by Crippen LogP contribution is 2.33. The second-order valence-electron chi connectivity index (χ2n) is 5.79. The minimum Gasteiger partial charge on any atom is -0.494 e. The lowest BCUT2D eigenvalue weighted by Gasteiger charge is -2.46. The van der Waals surface area contributed by atoms with E-state index in [-0.39, 0.29) is 11.6 Å². The lowest BCUT2D eigenvalue weighted by Crippen LogP contribution is -2.56. The van der Waals surface area contributed by atoms with Gasteiger partial charge < -0.3 is 15.2 Å². The van der Waals surface area contributed by atoms with Crippen LogP contribution >= 0.6 is 0 Å². The van der Waals surface area contributed by atoms with E-state index in [0.29, 0.717) is 6.61 Å². The molecule has 2 atom stereocenters. The lowest BCUT2D eigenvalue weighted by molar-refractivity contribution is -0.0277. The molecule has 1 aromatic carbocycles. The first kappa shape index (κ1) is 16.3.